The molecule has 0 aromatic heterocycles. The minimum Gasteiger partial charge on any atom is -0.383 e. The molecule has 0 N–H and O–H groups in total. The second-order valence-corrected chi connectivity index (χ2v) is 8.28. The number of hydrogen-bond donors (Lipinski definition) is 0. The van der Waals surface area contributed by atoms with Gasteiger partial charge in [0.2, 0.25) is 10.0 Å². The number of sulfonamides is 1. The third kappa shape index (κ3) is 4.76. The lowest BCUT2D eigenvalue weighted by Gasteiger charge is -2.29. The van der Waals surface area contributed by atoms with Gasteiger partial charge in [0.1, 0.15) is 0 Å². The Balaban J connectivity index is 3.25. The van der Waals surface area contributed by atoms with Gasteiger partial charge in [-0.15, -0.1) is 0 Å². The van der Waals surface area contributed by atoms with Crippen LogP contribution < -0.4 is 0 Å². The van der Waals surface area contributed by atoms with Crippen LogP contribution in [0.25, 0.3) is 0 Å². The average Bonchev–Trinajstić information content (AvgIpc) is 2.42. The van der Waals surface area contributed by atoms with Gasteiger partial charge in [-0.2, -0.15) is 4.31 Å². The molecule has 21 heavy (non-hydrogen) atoms. The zero-order chi connectivity index (χ0) is 16.0. The molecule has 1 aromatic carbocycles. The first kappa shape index (κ1) is 19.1. The topological polar surface area (TPSA) is 46.6 Å². The van der Waals surface area contributed by atoms with E-state index < -0.39 is 10.0 Å². The van der Waals surface area contributed by atoms with E-state index in [0.717, 1.165) is 17.3 Å². The third-order valence-corrected chi connectivity index (χ3v) is 6.77. The molecule has 0 amide bonds. The van der Waals surface area contributed by atoms with Gasteiger partial charge >= 0.3 is 0 Å². The summed E-state index contributed by atoms with van der Waals surface area (Å²) in [5.41, 5.74) is 0. The predicted molar refractivity (Wildman–Crippen MR) is 92.0 cm³/mol. The van der Waals surface area contributed by atoms with E-state index in [9.17, 15) is 8.42 Å². The summed E-state index contributed by atoms with van der Waals surface area (Å²) < 4.78 is 33.9. The van der Waals surface area contributed by atoms with Gasteiger partial charge in [-0.05, 0) is 47.0 Å². The molecule has 0 saturated heterocycles. The first-order valence-corrected chi connectivity index (χ1v) is 9.86. The highest BCUT2D eigenvalue weighted by Crippen LogP contribution is 2.29. The number of ether oxygens (including phenoxy) is 1. The van der Waals surface area contributed by atoms with Crippen molar-refractivity contribution in [1.29, 1.82) is 0 Å². The maximum atomic E-state index is 13.0. The van der Waals surface area contributed by atoms with Crippen LogP contribution in [-0.4, -0.2) is 39.0 Å². The molecule has 0 spiro atoms. The van der Waals surface area contributed by atoms with Gasteiger partial charge in [0.15, 0.2) is 0 Å². The van der Waals surface area contributed by atoms with E-state index >= 15 is 0 Å². The molecule has 0 aliphatic rings. The van der Waals surface area contributed by atoms with Gasteiger partial charge in [0, 0.05) is 28.6 Å². The van der Waals surface area contributed by atoms with Crippen LogP contribution in [0.2, 0.25) is 0 Å². The van der Waals surface area contributed by atoms with Crippen molar-refractivity contribution in [2.24, 2.45) is 0 Å². The Morgan fingerprint density at radius 2 is 1.86 bits per heavy atom. The molecule has 4 nitrogen and oxygen atoms in total. The van der Waals surface area contributed by atoms with Gasteiger partial charge in [-0.3, -0.25) is 0 Å². The minimum atomic E-state index is -3.56. The first-order valence-electron chi connectivity index (χ1n) is 6.84. The van der Waals surface area contributed by atoms with Crippen LogP contribution in [0.5, 0.6) is 0 Å². The number of rotatable bonds is 8. The Bertz CT molecular complexity index is 559. The van der Waals surface area contributed by atoms with Gasteiger partial charge < -0.3 is 4.74 Å². The highest BCUT2D eigenvalue weighted by molar-refractivity contribution is 9.11. The smallest absolute Gasteiger partial charge is 0.244 e. The fourth-order valence-corrected chi connectivity index (χ4v) is 5.65. The van der Waals surface area contributed by atoms with Gasteiger partial charge in [0.05, 0.1) is 11.5 Å². The highest BCUT2D eigenvalue weighted by Gasteiger charge is 2.30. The standard InChI is InChI=1S/C14H21Br2NO3S/c1-4-12(5-2)17(8-9-20-3)21(18,19)14-7-6-11(15)10-13(14)16/h6-7,10,12H,4-5,8-9H2,1-3H3. The summed E-state index contributed by atoms with van der Waals surface area (Å²) in [4.78, 5) is 0.286. The fraction of sp³-hybridized carbons (Fsp3) is 0.571. The number of hydrogen-bond acceptors (Lipinski definition) is 3. The largest absolute Gasteiger partial charge is 0.383 e. The van der Waals surface area contributed by atoms with Crippen molar-refractivity contribution in [3.63, 3.8) is 0 Å². The van der Waals surface area contributed by atoms with E-state index in [4.69, 9.17) is 4.74 Å². The molecular weight excluding hydrogens is 422 g/mol. The van der Waals surface area contributed by atoms with E-state index in [1.165, 1.54) is 0 Å². The van der Waals surface area contributed by atoms with Crippen LogP contribution in [-0.2, 0) is 14.8 Å². The fourth-order valence-electron chi connectivity index (χ4n) is 2.19. The molecule has 7 heteroatoms. The number of benzene rings is 1. The van der Waals surface area contributed by atoms with Crippen molar-refractivity contribution in [3.05, 3.63) is 27.1 Å². The van der Waals surface area contributed by atoms with Crippen LogP contribution in [0.1, 0.15) is 26.7 Å². The molecule has 0 heterocycles. The van der Waals surface area contributed by atoms with Crippen molar-refractivity contribution >= 4 is 41.9 Å². The van der Waals surface area contributed by atoms with Gasteiger partial charge in [0.25, 0.3) is 0 Å². The Hall–Kier alpha value is 0.0500. The lowest BCUT2D eigenvalue weighted by atomic mass is 10.2. The molecule has 0 aliphatic carbocycles. The zero-order valence-corrected chi connectivity index (χ0v) is 16.5. The molecule has 0 unspecified atom stereocenters. The van der Waals surface area contributed by atoms with Crippen molar-refractivity contribution in [1.82, 2.24) is 4.31 Å². The van der Waals surface area contributed by atoms with Crippen molar-refractivity contribution in [3.8, 4) is 0 Å². The molecule has 120 valence electrons. The third-order valence-electron chi connectivity index (χ3n) is 3.35. The number of halogens is 2. The number of methoxy groups -OCH3 is 1. The van der Waals surface area contributed by atoms with Gasteiger partial charge in [-0.1, -0.05) is 29.8 Å². The van der Waals surface area contributed by atoms with E-state index in [1.807, 2.05) is 13.8 Å². The SMILES string of the molecule is CCC(CC)N(CCOC)S(=O)(=O)c1ccc(Br)cc1Br. The second-order valence-electron chi connectivity index (χ2n) is 4.65. The van der Waals surface area contributed by atoms with Crippen LogP contribution in [0.4, 0.5) is 0 Å². The summed E-state index contributed by atoms with van der Waals surface area (Å²) in [5.74, 6) is 0. The highest BCUT2D eigenvalue weighted by atomic mass is 79.9. The molecule has 0 fully saturated rings. The number of nitrogens with zero attached hydrogens (tertiary/aromatic N) is 1. The Morgan fingerprint density at radius 1 is 1.24 bits per heavy atom. The zero-order valence-electron chi connectivity index (χ0n) is 12.5. The van der Waals surface area contributed by atoms with Crippen molar-refractivity contribution in [2.75, 3.05) is 20.3 Å². The monoisotopic (exact) mass is 441 g/mol. The molecule has 0 saturated carbocycles. The van der Waals surface area contributed by atoms with Crippen LogP contribution in [0.3, 0.4) is 0 Å². The van der Waals surface area contributed by atoms with E-state index in [-0.39, 0.29) is 10.9 Å². The summed E-state index contributed by atoms with van der Waals surface area (Å²) in [5, 5.41) is 0. The van der Waals surface area contributed by atoms with Gasteiger partial charge in [-0.25, -0.2) is 8.42 Å². The summed E-state index contributed by atoms with van der Waals surface area (Å²) in [6, 6.07) is 5.07. The van der Waals surface area contributed by atoms with E-state index in [1.54, 1.807) is 29.6 Å². The Morgan fingerprint density at radius 3 is 2.33 bits per heavy atom. The van der Waals surface area contributed by atoms with Crippen LogP contribution >= 0.6 is 31.9 Å². The predicted octanol–water partition coefficient (Wildman–Crippen LogP) is 4.04. The molecule has 0 atom stereocenters. The Labute approximate surface area is 144 Å². The molecule has 0 aliphatic heterocycles. The summed E-state index contributed by atoms with van der Waals surface area (Å²) in [7, 11) is -1.98. The summed E-state index contributed by atoms with van der Waals surface area (Å²) in [6.45, 7) is 4.73. The Kier molecular flexibility index (Phi) is 7.84. The molecule has 0 radical (unpaired) electrons. The maximum absolute atomic E-state index is 13.0. The van der Waals surface area contributed by atoms with E-state index in [0.29, 0.717) is 17.6 Å². The van der Waals surface area contributed by atoms with Crippen molar-refractivity contribution < 1.29 is 13.2 Å². The average molecular weight is 443 g/mol. The summed E-state index contributed by atoms with van der Waals surface area (Å²) in [6.07, 6.45) is 1.54. The van der Waals surface area contributed by atoms with E-state index in [2.05, 4.69) is 31.9 Å². The first-order chi connectivity index (χ1) is 9.88. The second kappa shape index (κ2) is 8.62. The molecule has 0 bridgehead atoms. The molecular formula is C14H21Br2NO3S. The molecule has 1 rings (SSSR count). The quantitative estimate of drug-likeness (QED) is 0.610. The lowest BCUT2D eigenvalue weighted by Crippen LogP contribution is -2.41. The maximum Gasteiger partial charge on any atom is 0.244 e. The van der Waals surface area contributed by atoms with Crippen LogP contribution in [0.15, 0.2) is 32.0 Å². The van der Waals surface area contributed by atoms with Crippen molar-refractivity contribution in [2.45, 2.75) is 37.6 Å². The molecule has 1 aromatic rings. The minimum absolute atomic E-state index is 0.0271. The lowest BCUT2D eigenvalue weighted by molar-refractivity contribution is 0.163. The summed E-state index contributed by atoms with van der Waals surface area (Å²) >= 11 is 6.69. The normalized spacial score (nSPS) is 12.3. The van der Waals surface area contributed by atoms with Crippen LogP contribution in [0, 0.1) is 0 Å².